The molecule has 0 saturated carbocycles. The molecule has 0 aliphatic carbocycles. The molecule has 3 unspecified atom stereocenters. The predicted molar refractivity (Wildman–Crippen MR) is 92.4 cm³/mol. The number of hydrogen-bond donors (Lipinski definition) is 1. The van der Waals surface area contributed by atoms with Crippen LogP contribution < -0.4 is 5.73 Å². The summed E-state index contributed by atoms with van der Waals surface area (Å²) in [4.78, 5) is 4.36. The lowest BCUT2D eigenvalue weighted by molar-refractivity contribution is 0.247. The lowest BCUT2D eigenvalue weighted by atomic mass is 9.81. The van der Waals surface area contributed by atoms with Gasteiger partial charge in [0.15, 0.2) is 0 Å². The molecule has 0 aromatic carbocycles. The van der Waals surface area contributed by atoms with Crippen LogP contribution in [0.15, 0.2) is 29.4 Å². The molecule has 0 aromatic rings. The van der Waals surface area contributed by atoms with Crippen LogP contribution in [0, 0.1) is 11.3 Å². The van der Waals surface area contributed by atoms with E-state index in [0.29, 0.717) is 18.5 Å². The molecule has 3 atom stereocenters. The Morgan fingerprint density at radius 1 is 1.38 bits per heavy atom. The number of hydrogen-bond acceptors (Lipinski definition) is 2. The molecular formula is C18H33FN2. The molecule has 21 heavy (non-hydrogen) atoms. The highest BCUT2D eigenvalue weighted by molar-refractivity contribution is 5.72. The molecule has 2 N–H and O–H groups in total. The minimum atomic E-state index is -0.854. The molecule has 122 valence electrons. The number of nitrogens with two attached hydrogens (primary N) is 1. The van der Waals surface area contributed by atoms with Crippen molar-refractivity contribution in [1.82, 2.24) is 0 Å². The van der Waals surface area contributed by atoms with Crippen LogP contribution in [0.3, 0.4) is 0 Å². The van der Waals surface area contributed by atoms with Crippen molar-refractivity contribution in [3.63, 3.8) is 0 Å². The summed E-state index contributed by atoms with van der Waals surface area (Å²) in [5.74, 6) is 0.764. The molecule has 0 aliphatic heterocycles. The van der Waals surface area contributed by atoms with E-state index in [-0.39, 0.29) is 0 Å². The summed E-state index contributed by atoms with van der Waals surface area (Å²) in [6, 6.07) is 0. The predicted octanol–water partition coefficient (Wildman–Crippen LogP) is 5.06. The first kappa shape index (κ1) is 19.9. The number of nitrogens with zero attached hydrogens (tertiary/aromatic N) is 1. The van der Waals surface area contributed by atoms with Crippen LogP contribution in [0.25, 0.3) is 0 Å². The molecule has 0 bridgehead atoms. The van der Waals surface area contributed by atoms with Crippen LogP contribution in [-0.2, 0) is 0 Å². The van der Waals surface area contributed by atoms with Gasteiger partial charge in [0.25, 0.3) is 0 Å². The Morgan fingerprint density at radius 3 is 2.57 bits per heavy atom. The van der Waals surface area contributed by atoms with Crippen molar-refractivity contribution < 1.29 is 4.39 Å². The highest BCUT2D eigenvalue weighted by Gasteiger charge is 2.26. The van der Waals surface area contributed by atoms with Gasteiger partial charge in [-0.2, -0.15) is 0 Å². The normalized spacial score (nSPS) is 18.4. The highest BCUT2D eigenvalue weighted by Crippen LogP contribution is 2.32. The third-order valence-electron chi connectivity index (χ3n) is 4.24. The average molecular weight is 296 g/mol. The van der Waals surface area contributed by atoms with Crippen LogP contribution >= 0.6 is 0 Å². The van der Waals surface area contributed by atoms with E-state index in [0.717, 1.165) is 18.9 Å². The van der Waals surface area contributed by atoms with Crippen LogP contribution in [0.1, 0.15) is 59.8 Å². The molecule has 0 radical (unpaired) electrons. The van der Waals surface area contributed by atoms with Crippen LogP contribution in [-0.4, -0.2) is 18.9 Å². The van der Waals surface area contributed by atoms with Crippen molar-refractivity contribution in [3.05, 3.63) is 24.4 Å². The third kappa shape index (κ3) is 8.03. The lowest BCUT2D eigenvalue weighted by Gasteiger charge is -2.27. The van der Waals surface area contributed by atoms with Crippen molar-refractivity contribution in [2.75, 3.05) is 6.54 Å². The summed E-state index contributed by atoms with van der Waals surface area (Å²) in [6.45, 7) is 12.8. The summed E-state index contributed by atoms with van der Waals surface area (Å²) < 4.78 is 13.6. The Morgan fingerprint density at radius 2 is 2.05 bits per heavy atom. The fourth-order valence-electron chi connectivity index (χ4n) is 2.06. The molecule has 2 nitrogen and oxygen atoms in total. The van der Waals surface area contributed by atoms with Crippen molar-refractivity contribution in [2.24, 2.45) is 22.1 Å². The van der Waals surface area contributed by atoms with E-state index >= 15 is 0 Å². The lowest BCUT2D eigenvalue weighted by Crippen LogP contribution is -2.26. The molecular weight excluding hydrogens is 263 g/mol. The Labute approximate surface area is 130 Å². The third-order valence-corrected chi connectivity index (χ3v) is 4.24. The maximum atomic E-state index is 13.6. The zero-order chi connectivity index (χ0) is 16.3. The topological polar surface area (TPSA) is 38.4 Å². The first-order chi connectivity index (χ1) is 9.89. The van der Waals surface area contributed by atoms with E-state index < -0.39 is 11.6 Å². The van der Waals surface area contributed by atoms with Gasteiger partial charge in [-0.3, -0.25) is 4.99 Å². The second-order valence-corrected chi connectivity index (χ2v) is 6.16. The molecule has 0 fully saturated rings. The largest absolute Gasteiger partial charge is 0.401 e. The SMILES string of the molecule is C=CC(C)(CC(F)CC)C(N)=CC=NCCCC(C)CC. The molecule has 0 aromatic heterocycles. The fourth-order valence-corrected chi connectivity index (χ4v) is 2.06. The van der Waals surface area contributed by atoms with Gasteiger partial charge in [-0.25, -0.2) is 4.39 Å². The Hall–Kier alpha value is -1.12. The van der Waals surface area contributed by atoms with Crippen LogP contribution in [0.2, 0.25) is 0 Å². The van der Waals surface area contributed by atoms with Gasteiger partial charge < -0.3 is 5.73 Å². The Balaban J connectivity index is 4.39. The second-order valence-electron chi connectivity index (χ2n) is 6.16. The highest BCUT2D eigenvalue weighted by atomic mass is 19.1. The van der Waals surface area contributed by atoms with E-state index in [1.165, 1.54) is 12.8 Å². The smallest absolute Gasteiger partial charge is 0.101 e. The van der Waals surface area contributed by atoms with Gasteiger partial charge in [0.05, 0.1) is 0 Å². The van der Waals surface area contributed by atoms with Gasteiger partial charge in [-0.15, -0.1) is 6.58 Å². The molecule has 3 heteroatoms. The quantitative estimate of drug-likeness (QED) is 0.323. The summed E-state index contributed by atoms with van der Waals surface area (Å²) in [5.41, 5.74) is 6.20. The second kappa shape index (κ2) is 10.6. The fraction of sp³-hybridized carbons (Fsp3) is 0.722. The van der Waals surface area contributed by atoms with E-state index in [4.69, 9.17) is 5.73 Å². The van der Waals surface area contributed by atoms with Gasteiger partial charge >= 0.3 is 0 Å². The summed E-state index contributed by atoms with van der Waals surface area (Å²) in [5, 5.41) is 0. The van der Waals surface area contributed by atoms with E-state index in [9.17, 15) is 4.39 Å². The van der Waals surface area contributed by atoms with Crippen molar-refractivity contribution in [2.45, 2.75) is 66.0 Å². The average Bonchev–Trinajstić information content (AvgIpc) is 2.49. The van der Waals surface area contributed by atoms with Crippen molar-refractivity contribution in [1.29, 1.82) is 0 Å². The summed E-state index contributed by atoms with van der Waals surface area (Å²) in [7, 11) is 0. The van der Waals surface area contributed by atoms with Crippen LogP contribution in [0.4, 0.5) is 4.39 Å². The molecule has 0 aliphatic rings. The van der Waals surface area contributed by atoms with Gasteiger partial charge in [-0.05, 0) is 37.7 Å². The summed E-state index contributed by atoms with van der Waals surface area (Å²) >= 11 is 0. The maximum absolute atomic E-state index is 13.6. The number of alkyl halides is 1. The number of aliphatic imine (C=N–C) groups is 1. The number of halogens is 1. The Kier molecular flexibility index (Phi) is 10.0. The van der Waals surface area contributed by atoms with Crippen molar-refractivity contribution in [3.8, 4) is 0 Å². The van der Waals surface area contributed by atoms with E-state index in [1.54, 1.807) is 18.4 Å². The molecule has 0 rings (SSSR count). The van der Waals surface area contributed by atoms with Gasteiger partial charge in [0.2, 0.25) is 0 Å². The van der Waals surface area contributed by atoms with Gasteiger partial charge in [-0.1, -0.05) is 40.2 Å². The zero-order valence-electron chi connectivity index (χ0n) is 14.2. The first-order valence-corrected chi connectivity index (χ1v) is 8.13. The standard InChI is InChI=1S/C18H33FN2/c1-6-15(4)10-9-12-21-13-11-17(20)18(5,8-3)14-16(19)7-2/h8,11,13,15-16H,3,6-7,9-10,12,14,20H2,1-2,4-5H3. The van der Waals surface area contributed by atoms with Gasteiger partial charge in [0.1, 0.15) is 6.17 Å². The monoisotopic (exact) mass is 296 g/mol. The zero-order valence-corrected chi connectivity index (χ0v) is 14.2. The van der Waals surface area contributed by atoms with E-state index in [1.807, 2.05) is 13.8 Å². The Bertz CT molecular complexity index is 349. The van der Waals surface area contributed by atoms with Gasteiger partial charge in [0, 0.05) is 23.9 Å². The molecule has 0 amide bonds. The maximum Gasteiger partial charge on any atom is 0.101 e. The van der Waals surface area contributed by atoms with Crippen molar-refractivity contribution >= 4 is 6.21 Å². The first-order valence-electron chi connectivity index (χ1n) is 8.13. The van der Waals surface area contributed by atoms with E-state index in [2.05, 4.69) is 25.4 Å². The molecule has 0 saturated heterocycles. The minimum Gasteiger partial charge on any atom is -0.401 e. The summed E-state index contributed by atoms with van der Waals surface area (Å²) in [6.07, 6.45) is 8.80. The number of rotatable bonds is 11. The molecule has 0 heterocycles. The minimum absolute atomic E-state index is 0.372. The molecule has 0 spiro atoms. The van der Waals surface area contributed by atoms with Crippen LogP contribution in [0.5, 0.6) is 0 Å². The number of allylic oxidation sites excluding steroid dienone is 2.